The number of hydrogen-bond acceptors (Lipinski definition) is 3. The molecular weight excluding hydrogens is 420 g/mol. The molecule has 1 saturated carbocycles. The van der Waals surface area contributed by atoms with Crippen molar-refractivity contribution in [3.05, 3.63) is 71.3 Å². The Bertz CT molecular complexity index is 1040. The summed E-state index contributed by atoms with van der Waals surface area (Å²) >= 11 is 0. The molecule has 2 aromatic carbocycles. The van der Waals surface area contributed by atoms with E-state index >= 15 is 0 Å². The summed E-state index contributed by atoms with van der Waals surface area (Å²) in [7, 11) is 0. The van der Waals surface area contributed by atoms with E-state index in [1.807, 2.05) is 12.3 Å². The second-order valence-electron chi connectivity index (χ2n) is 7.39. The van der Waals surface area contributed by atoms with Crippen LogP contribution in [0.2, 0.25) is 0 Å². The Balaban J connectivity index is 0.00000256. The molecule has 0 radical (unpaired) electrons. The van der Waals surface area contributed by atoms with Gasteiger partial charge in [0.2, 0.25) is 0 Å². The van der Waals surface area contributed by atoms with Gasteiger partial charge in [-0.05, 0) is 60.5 Å². The fraction of sp³-hybridized carbons (Fsp3) is 0.318. The van der Waals surface area contributed by atoms with E-state index in [9.17, 15) is 17.6 Å². The number of fused-ring (bicyclic) bond motifs is 1. The van der Waals surface area contributed by atoms with Gasteiger partial charge in [0.15, 0.2) is 0 Å². The van der Waals surface area contributed by atoms with Crippen molar-refractivity contribution in [1.82, 2.24) is 10.3 Å². The lowest BCUT2D eigenvalue weighted by Crippen LogP contribution is -2.46. The third-order valence-electron chi connectivity index (χ3n) is 5.35. The first-order valence-electron chi connectivity index (χ1n) is 9.40. The van der Waals surface area contributed by atoms with Gasteiger partial charge >= 0.3 is 6.18 Å². The van der Waals surface area contributed by atoms with Crippen molar-refractivity contribution in [2.75, 3.05) is 0 Å². The highest BCUT2D eigenvalue weighted by molar-refractivity contribution is 5.87. The molecule has 1 fully saturated rings. The standard InChI is InChI=1S/C22H20F4N2O.ClH/c1-13-2-3-14(18-6-7-27-12-19(13)18)11-28-15-8-17(9-15)29-16-4-5-21(23)20(10-16)22(24,25)26;/h2-7,10,12,15,17,28H,8-9,11H2,1H3;1H. The number of alkyl halides is 3. The van der Waals surface area contributed by atoms with Crippen LogP contribution in [0.3, 0.4) is 0 Å². The molecule has 0 atom stereocenters. The second-order valence-corrected chi connectivity index (χ2v) is 7.39. The smallest absolute Gasteiger partial charge is 0.419 e. The van der Waals surface area contributed by atoms with E-state index < -0.39 is 17.6 Å². The summed E-state index contributed by atoms with van der Waals surface area (Å²) in [6.07, 6.45) is 0.0848. The number of hydrogen-bond donors (Lipinski definition) is 1. The Morgan fingerprint density at radius 1 is 1.10 bits per heavy atom. The van der Waals surface area contributed by atoms with Gasteiger partial charge in [-0.3, -0.25) is 4.98 Å². The van der Waals surface area contributed by atoms with Crippen LogP contribution in [0.1, 0.15) is 29.5 Å². The van der Waals surface area contributed by atoms with E-state index in [0.29, 0.717) is 19.4 Å². The highest BCUT2D eigenvalue weighted by Crippen LogP contribution is 2.35. The van der Waals surface area contributed by atoms with Crippen molar-refractivity contribution in [3.63, 3.8) is 0 Å². The second kappa shape index (κ2) is 8.78. The molecule has 3 nitrogen and oxygen atoms in total. The summed E-state index contributed by atoms with van der Waals surface area (Å²) in [6, 6.07) is 9.14. The predicted molar refractivity (Wildman–Crippen MR) is 109 cm³/mol. The largest absolute Gasteiger partial charge is 0.490 e. The lowest BCUT2D eigenvalue weighted by atomic mass is 9.88. The number of ether oxygens (including phenoxy) is 1. The Morgan fingerprint density at radius 2 is 1.87 bits per heavy atom. The zero-order valence-corrected chi connectivity index (χ0v) is 17.0. The Hall–Kier alpha value is -2.38. The highest BCUT2D eigenvalue weighted by atomic mass is 35.5. The maximum Gasteiger partial charge on any atom is 0.419 e. The first kappa shape index (κ1) is 22.3. The SMILES string of the molecule is Cc1ccc(CNC2CC(Oc3ccc(F)c(C(F)(F)F)c3)C2)c2ccncc12.Cl. The Kier molecular flexibility index (Phi) is 6.53. The monoisotopic (exact) mass is 440 g/mol. The highest BCUT2D eigenvalue weighted by Gasteiger charge is 2.35. The molecule has 3 aromatic rings. The molecule has 0 unspecified atom stereocenters. The van der Waals surface area contributed by atoms with Gasteiger partial charge in [-0.25, -0.2) is 4.39 Å². The van der Waals surface area contributed by atoms with Crippen molar-refractivity contribution in [2.45, 2.75) is 44.6 Å². The van der Waals surface area contributed by atoms with Crippen LogP contribution < -0.4 is 10.1 Å². The van der Waals surface area contributed by atoms with E-state index in [4.69, 9.17) is 4.74 Å². The summed E-state index contributed by atoms with van der Waals surface area (Å²) in [6.45, 7) is 2.74. The number of nitrogens with zero attached hydrogens (tertiary/aromatic N) is 1. The minimum absolute atomic E-state index is 0. The summed E-state index contributed by atoms with van der Waals surface area (Å²) in [5.74, 6) is -1.25. The van der Waals surface area contributed by atoms with Crippen molar-refractivity contribution >= 4 is 23.2 Å². The van der Waals surface area contributed by atoms with Crippen LogP contribution in [0.15, 0.2) is 48.8 Å². The first-order chi connectivity index (χ1) is 13.8. The molecule has 0 amide bonds. The summed E-state index contributed by atoms with van der Waals surface area (Å²) < 4.78 is 57.4. The van der Waals surface area contributed by atoms with Crippen LogP contribution in [0.5, 0.6) is 5.75 Å². The molecule has 0 saturated heterocycles. The number of nitrogens with one attached hydrogen (secondary N) is 1. The lowest BCUT2D eigenvalue weighted by Gasteiger charge is -2.36. The van der Waals surface area contributed by atoms with E-state index in [1.54, 1.807) is 6.20 Å². The summed E-state index contributed by atoms with van der Waals surface area (Å²) in [4.78, 5) is 4.18. The number of aromatic nitrogens is 1. The Morgan fingerprint density at radius 3 is 2.60 bits per heavy atom. The number of rotatable bonds is 5. The van der Waals surface area contributed by atoms with Crippen LogP contribution in [-0.2, 0) is 12.7 Å². The van der Waals surface area contributed by atoms with Gasteiger partial charge in [-0.2, -0.15) is 13.2 Å². The summed E-state index contributed by atoms with van der Waals surface area (Å²) in [5, 5.41) is 5.75. The summed E-state index contributed by atoms with van der Waals surface area (Å²) in [5.41, 5.74) is 1.04. The quantitative estimate of drug-likeness (QED) is 0.507. The average molecular weight is 441 g/mol. The molecule has 8 heteroatoms. The van der Waals surface area contributed by atoms with Crippen LogP contribution >= 0.6 is 12.4 Å². The molecule has 1 aromatic heterocycles. The molecule has 1 aliphatic rings. The van der Waals surface area contributed by atoms with Gasteiger partial charge in [0.05, 0.1) is 5.56 Å². The predicted octanol–water partition coefficient (Wildman–Crippen LogP) is 5.82. The molecule has 160 valence electrons. The van der Waals surface area contributed by atoms with Gasteiger partial charge in [0, 0.05) is 30.4 Å². The molecule has 0 aliphatic heterocycles. The topological polar surface area (TPSA) is 34.1 Å². The fourth-order valence-electron chi connectivity index (χ4n) is 3.62. The van der Waals surface area contributed by atoms with Gasteiger partial charge in [0.1, 0.15) is 17.7 Å². The molecule has 1 aliphatic carbocycles. The van der Waals surface area contributed by atoms with Crippen molar-refractivity contribution < 1.29 is 22.3 Å². The molecule has 30 heavy (non-hydrogen) atoms. The van der Waals surface area contributed by atoms with Crippen molar-refractivity contribution in [3.8, 4) is 5.75 Å². The van der Waals surface area contributed by atoms with Crippen molar-refractivity contribution in [1.29, 1.82) is 0 Å². The van der Waals surface area contributed by atoms with Crippen molar-refractivity contribution in [2.24, 2.45) is 0 Å². The van der Waals surface area contributed by atoms with Crippen LogP contribution in [0, 0.1) is 12.7 Å². The third-order valence-corrected chi connectivity index (χ3v) is 5.35. The number of benzene rings is 2. The first-order valence-corrected chi connectivity index (χ1v) is 9.40. The number of halogens is 5. The number of aryl methyl sites for hydroxylation is 1. The molecule has 0 bridgehead atoms. The maximum atomic E-state index is 13.4. The van der Waals surface area contributed by atoms with Gasteiger partial charge in [-0.1, -0.05) is 12.1 Å². The van der Waals surface area contributed by atoms with E-state index in [1.165, 1.54) is 17.2 Å². The molecule has 4 rings (SSSR count). The maximum absolute atomic E-state index is 13.4. The van der Waals surface area contributed by atoms with Crippen LogP contribution in [-0.4, -0.2) is 17.1 Å². The minimum Gasteiger partial charge on any atom is -0.490 e. The van der Waals surface area contributed by atoms with E-state index in [2.05, 4.69) is 29.4 Å². The number of pyridine rings is 1. The van der Waals surface area contributed by atoms with Gasteiger partial charge < -0.3 is 10.1 Å². The molecule has 1 N–H and O–H groups in total. The normalized spacial score (nSPS) is 18.6. The molecular formula is C22H21ClF4N2O. The lowest BCUT2D eigenvalue weighted by molar-refractivity contribution is -0.140. The van der Waals surface area contributed by atoms with Crippen LogP contribution in [0.25, 0.3) is 10.8 Å². The molecule has 1 heterocycles. The Labute approximate surface area is 177 Å². The van der Waals surface area contributed by atoms with E-state index in [-0.39, 0.29) is 30.3 Å². The van der Waals surface area contributed by atoms with Gasteiger partial charge in [-0.15, -0.1) is 12.4 Å². The van der Waals surface area contributed by atoms with E-state index in [0.717, 1.165) is 22.9 Å². The fourth-order valence-corrected chi connectivity index (χ4v) is 3.62. The van der Waals surface area contributed by atoms with Crippen LogP contribution in [0.4, 0.5) is 17.6 Å². The zero-order chi connectivity index (χ0) is 20.6. The third kappa shape index (κ3) is 4.68. The zero-order valence-electron chi connectivity index (χ0n) is 16.2. The van der Waals surface area contributed by atoms with Gasteiger partial charge in [0.25, 0.3) is 0 Å². The average Bonchev–Trinajstić information content (AvgIpc) is 2.65. The molecule has 0 spiro atoms. The minimum atomic E-state index is -4.74.